The number of benzene rings is 1. The van der Waals surface area contributed by atoms with Crippen LogP contribution in [-0.4, -0.2) is 66.6 Å². The predicted molar refractivity (Wildman–Crippen MR) is 100 cm³/mol. The van der Waals surface area contributed by atoms with E-state index in [4.69, 9.17) is 13.9 Å². The number of carbonyl (C=O) groups excluding carboxylic acids is 1. The van der Waals surface area contributed by atoms with Gasteiger partial charge in [-0.2, -0.15) is 0 Å². The number of amides is 1. The molecule has 0 bridgehead atoms. The minimum atomic E-state index is -0.128. The number of fused-ring (bicyclic) bond motifs is 1. The van der Waals surface area contributed by atoms with E-state index in [1.165, 1.54) is 12.8 Å². The number of aromatic nitrogens is 1. The lowest BCUT2D eigenvalue weighted by molar-refractivity contribution is 0.0750. The fourth-order valence-electron chi connectivity index (χ4n) is 3.89. The van der Waals surface area contributed by atoms with Gasteiger partial charge in [0.15, 0.2) is 29.3 Å². The van der Waals surface area contributed by atoms with Gasteiger partial charge in [0.1, 0.15) is 13.2 Å². The molecule has 0 saturated carbocycles. The van der Waals surface area contributed by atoms with Gasteiger partial charge in [0.25, 0.3) is 5.91 Å². The third-order valence-corrected chi connectivity index (χ3v) is 5.31. The molecule has 4 rings (SSSR count). The standard InChI is InChI=1S/C20H25N3O4/c1-3-23-8-4-5-15(23)12-22(2)20(24)18-19(27-13-21-18)14-6-7-16-17(11-14)26-10-9-25-16/h6-7,11,13,15H,3-5,8-10,12H2,1-2H3/t15-/m1/s1. The molecule has 1 atom stereocenters. The number of ether oxygens (including phenoxy) is 2. The summed E-state index contributed by atoms with van der Waals surface area (Å²) in [5, 5.41) is 0. The summed E-state index contributed by atoms with van der Waals surface area (Å²) >= 11 is 0. The summed E-state index contributed by atoms with van der Waals surface area (Å²) in [5.74, 6) is 1.70. The van der Waals surface area contributed by atoms with Gasteiger partial charge in [0, 0.05) is 25.2 Å². The minimum Gasteiger partial charge on any atom is -0.486 e. The van der Waals surface area contributed by atoms with Gasteiger partial charge in [0.05, 0.1) is 0 Å². The second-order valence-corrected chi connectivity index (χ2v) is 7.00. The minimum absolute atomic E-state index is 0.128. The molecule has 3 heterocycles. The maximum absolute atomic E-state index is 13.0. The fraction of sp³-hybridized carbons (Fsp3) is 0.500. The molecule has 0 N–H and O–H groups in total. The molecule has 2 aliphatic heterocycles. The van der Waals surface area contributed by atoms with Crippen LogP contribution in [0.2, 0.25) is 0 Å². The lowest BCUT2D eigenvalue weighted by atomic mass is 10.1. The van der Waals surface area contributed by atoms with E-state index >= 15 is 0 Å². The highest BCUT2D eigenvalue weighted by molar-refractivity contribution is 5.97. The molecular formula is C20H25N3O4. The zero-order valence-corrected chi connectivity index (χ0v) is 15.8. The van der Waals surface area contributed by atoms with Crippen LogP contribution in [0.5, 0.6) is 11.5 Å². The third kappa shape index (κ3) is 3.51. The molecule has 1 amide bonds. The Bertz CT molecular complexity index is 819. The number of nitrogens with zero attached hydrogens (tertiary/aromatic N) is 3. The molecule has 0 spiro atoms. The third-order valence-electron chi connectivity index (χ3n) is 5.31. The van der Waals surface area contributed by atoms with Crippen LogP contribution in [0, 0.1) is 0 Å². The lowest BCUT2D eigenvalue weighted by Crippen LogP contribution is -2.41. The molecule has 2 aromatic rings. The zero-order chi connectivity index (χ0) is 18.8. The zero-order valence-electron chi connectivity index (χ0n) is 15.8. The normalized spacial score (nSPS) is 19.3. The number of hydrogen-bond acceptors (Lipinski definition) is 6. The van der Waals surface area contributed by atoms with Crippen LogP contribution < -0.4 is 9.47 Å². The van der Waals surface area contributed by atoms with E-state index in [-0.39, 0.29) is 5.91 Å². The Morgan fingerprint density at radius 2 is 2.11 bits per heavy atom. The highest BCUT2D eigenvalue weighted by Gasteiger charge is 2.28. The SMILES string of the molecule is CCN1CCC[C@@H]1CN(C)C(=O)c1ncoc1-c1ccc2c(c1)OCCO2. The van der Waals surface area contributed by atoms with E-state index < -0.39 is 0 Å². The molecule has 7 nitrogen and oxygen atoms in total. The Labute approximate surface area is 158 Å². The van der Waals surface area contributed by atoms with Crippen molar-refractivity contribution in [2.45, 2.75) is 25.8 Å². The summed E-state index contributed by atoms with van der Waals surface area (Å²) in [6.45, 7) is 6.03. The largest absolute Gasteiger partial charge is 0.486 e. The highest BCUT2D eigenvalue weighted by atomic mass is 16.6. The van der Waals surface area contributed by atoms with E-state index in [0.717, 1.165) is 25.1 Å². The lowest BCUT2D eigenvalue weighted by Gasteiger charge is -2.27. The Morgan fingerprint density at radius 1 is 1.30 bits per heavy atom. The van der Waals surface area contributed by atoms with Gasteiger partial charge in [-0.05, 0) is 44.1 Å². The van der Waals surface area contributed by atoms with Gasteiger partial charge in [-0.3, -0.25) is 9.69 Å². The monoisotopic (exact) mass is 371 g/mol. The van der Waals surface area contributed by atoms with Gasteiger partial charge in [0.2, 0.25) is 0 Å². The van der Waals surface area contributed by atoms with E-state index in [9.17, 15) is 4.79 Å². The van der Waals surface area contributed by atoms with Crippen molar-refractivity contribution in [1.29, 1.82) is 0 Å². The number of oxazole rings is 1. The maximum atomic E-state index is 13.0. The van der Waals surface area contributed by atoms with Crippen LogP contribution in [0.4, 0.5) is 0 Å². The predicted octanol–water partition coefficient (Wildman–Crippen LogP) is 2.67. The van der Waals surface area contributed by atoms with Crippen LogP contribution in [0.3, 0.4) is 0 Å². The average Bonchev–Trinajstić information content (AvgIpc) is 3.36. The van der Waals surface area contributed by atoms with Gasteiger partial charge >= 0.3 is 0 Å². The summed E-state index contributed by atoms with van der Waals surface area (Å²) in [4.78, 5) is 21.4. The fourth-order valence-corrected chi connectivity index (χ4v) is 3.89. The highest BCUT2D eigenvalue weighted by Crippen LogP contribution is 2.35. The van der Waals surface area contributed by atoms with Crippen molar-refractivity contribution in [2.24, 2.45) is 0 Å². The Kier molecular flexibility index (Phi) is 5.03. The number of carbonyl (C=O) groups is 1. The Balaban J connectivity index is 1.53. The van der Waals surface area contributed by atoms with Crippen molar-refractivity contribution in [3.63, 3.8) is 0 Å². The van der Waals surface area contributed by atoms with Crippen LogP contribution >= 0.6 is 0 Å². The first-order valence-electron chi connectivity index (χ1n) is 9.50. The second kappa shape index (κ2) is 7.60. The summed E-state index contributed by atoms with van der Waals surface area (Å²) in [7, 11) is 1.83. The molecule has 7 heteroatoms. The molecular weight excluding hydrogens is 346 g/mol. The molecule has 0 radical (unpaired) electrons. The number of hydrogen-bond donors (Lipinski definition) is 0. The molecule has 0 aliphatic carbocycles. The smallest absolute Gasteiger partial charge is 0.276 e. The summed E-state index contributed by atoms with van der Waals surface area (Å²) in [6.07, 6.45) is 3.63. The molecule has 0 unspecified atom stereocenters. The first-order valence-corrected chi connectivity index (χ1v) is 9.50. The van der Waals surface area contributed by atoms with Gasteiger partial charge in [-0.15, -0.1) is 0 Å². The van der Waals surface area contributed by atoms with Crippen molar-refractivity contribution in [1.82, 2.24) is 14.8 Å². The number of rotatable bonds is 5. The van der Waals surface area contributed by atoms with Crippen molar-refractivity contribution in [3.8, 4) is 22.8 Å². The summed E-state index contributed by atoms with van der Waals surface area (Å²) in [6, 6.07) is 5.94. The van der Waals surface area contributed by atoms with E-state index in [1.807, 2.05) is 25.2 Å². The first kappa shape index (κ1) is 17.9. The van der Waals surface area contributed by atoms with Crippen LogP contribution in [0.1, 0.15) is 30.3 Å². The Morgan fingerprint density at radius 3 is 2.93 bits per heavy atom. The first-order chi connectivity index (χ1) is 13.2. The summed E-state index contributed by atoms with van der Waals surface area (Å²) in [5.41, 5.74) is 1.08. The van der Waals surface area contributed by atoms with E-state index in [2.05, 4.69) is 16.8 Å². The average molecular weight is 371 g/mol. The quantitative estimate of drug-likeness (QED) is 0.805. The summed E-state index contributed by atoms with van der Waals surface area (Å²) < 4.78 is 16.8. The second-order valence-electron chi connectivity index (χ2n) is 7.00. The number of likely N-dealkylation sites (tertiary alicyclic amines) is 1. The van der Waals surface area contributed by atoms with Gasteiger partial charge in [-0.25, -0.2) is 4.98 Å². The van der Waals surface area contributed by atoms with Crippen molar-refractivity contribution in [2.75, 3.05) is 39.9 Å². The van der Waals surface area contributed by atoms with Crippen molar-refractivity contribution in [3.05, 3.63) is 30.3 Å². The van der Waals surface area contributed by atoms with E-state index in [0.29, 0.717) is 48.8 Å². The van der Waals surface area contributed by atoms with Crippen LogP contribution in [0.15, 0.2) is 29.0 Å². The van der Waals surface area contributed by atoms with Crippen molar-refractivity contribution < 1.29 is 18.7 Å². The molecule has 1 aromatic carbocycles. The topological polar surface area (TPSA) is 68.0 Å². The molecule has 1 saturated heterocycles. The molecule has 27 heavy (non-hydrogen) atoms. The van der Waals surface area contributed by atoms with Gasteiger partial charge in [-0.1, -0.05) is 6.92 Å². The van der Waals surface area contributed by atoms with Crippen LogP contribution in [0.25, 0.3) is 11.3 Å². The maximum Gasteiger partial charge on any atom is 0.276 e. The van der Waals surface area contributed by atoms with Gasteiger partial charge < -0.3 is 18.8 Å². The Hall–Kier alpha value is -2.54. The van der Waals surface area contributed by atoms with Crippen LogP contribution in [-0.2, 0) is 0 Å². The molecule has 1 aromatic heterocycles. The molecule has 1 fully saturated rings. The van der Waals surface area contributed by atoms with Crippen molar-refractivity contribution >= 4 is 5.91 Å². The molecule has 144 valence electrons. The van der Waals surface area contributed by atoms with E-state index in [1.54, 1.807) is 4.90 Å². The molecule has 2 aliphatic rings. The number of likely N-dealkylation sites (N-methyl/N-ethyl adjacent to an activating group) is 2.